The Kier molecular flexibility index (Phi) is 3.95. The van der Waals surface area contributed by atoms with E-state index < -0.39 is 0 Å². The minimum atomic E-state index is 0.983. The predicted molar refractivity (Wildman–Crippen MR) is 99.9 cm³/mol. The summed E-state index contributed by atoms with van der Waals surface area (Å²) < 4.78 is 0. The van der Waals surface area contributed by atoms with Crippen molar-refractivity contribution in [2.75, 3.05) is 13.1 Å². The quantitative estimate of drug-likeness (QED) is 0.773. The van der Waals surface area contributed by atoms with Crippen molar-refractivity contribution in [3.8, 4) is 0 Å². The van der Waals surface area contributed by atoms with Crippen molar-refractivity contribution in [3.05, 3.63) is 71.2 Å². The van der Waals surface area contributed by atoms with Crippen LogP contribution in [0, 0.1) is 13.8 Å². The van der Waals surface area contributed by atoms with E-state index in [9.17, 15) is 0 Å². The minimum Gasteiger partial charge on any atom is -0.361 e. The van der Waals surface area contributed by atoms with Crippen LogP contribution in [0.2, 0.25) is 0 Å². The van der Waals surface area contributed by atoms with E-state index in [1.165, 1.54) is 38.7 Å². The van der Waals surface area contributed by atoms with E-state index in [0.717, 1.165) is 26.1 Å². The first kappa shape index (κ1) is 15.2. The molecule has 24 heavy (non-hydrogen) atoms. The van der Waals surface area contributed by atoms with E-state index in [2.05, 4.69) is 65.3 Å². The zero-order chi connectivity index (χ0) is 16.5. The van der Waals surface area contributed by atoms with Gasteiger partial charge in [-0.1, -0.05) is 18.2 Å². The van der Waals surface area contributed by atoms with Crippen molar-refractivity contribution in [1.29, 1.82) is 0 Å². The lowest BCUT2D eigenvalue weighted by atomic mass is 9.98. The number of pyridine rings is 1. The molecule has 0 atom stereocenters. The van der Waals surface area contributed by atoms with Crippen LogP contribution in [0.15, 0.2) is 48.9 Å². The maximum absolute atomic E-state index is 4.26. The smallest absolute Gasteiger partial charge is 0.0462 e. The molecule has 2 aromatic heterocycles. The van der Waals surface area contributed by atoms with Crippen molar-refractivity contribution in [2.24, 2.45) is 0 Å². The summed E-state index contributed by atoms with van der Waals surface area (Å²) in [5, 5.41) is 1.34. The Morgan fingerprint density at radius 1 is 1.21 bits per heavy atom. The molecule has 1 aliphatic rings. The van der Waals surface area contributed by atoms with Crippen LogP contribution in [-0.4, -0.2) is 28.0 Å². The second-order valence-electron chi connectivity index (χ2n) is 6.77. The number of fused-ring (bicyclic) bond motifs is 1. The fourth-order valence-corrected chi connectivity index (χ4v) is 3.51. The van der Waals surface area contributed by atoms with Gasteiger partial charge < -0.3 is 4.98 Å². The SMILES string of the molecule is Cc1ccc2c(C3=CCN(Cc4cnccc4C)CC3)c[nH]c2c1. The van der Waals surface area contributed by atoms with E-state index in [4.69, 9.17) is 0 Å². The second-order valence-corrected chi connectivity index (χ2v) is 6.77. The Labute approximate surface area is 143 Å². The highest BCUT2D eigenvalue weighted by atomic mass is 15.1. The molecule has 122 valence electrons. The Bertz CT molecular complexity index is 904. The lowest BCUT2D eigenvalue weighted by molar-refractivity contribution is 0.293. The molecule has 3 nitrogen and oxygen atoms in total. The summed E-state index contributed by atoms with van der Waals surface area (Å²) in [6.45, 7) is 7.38. The van der Waals surface area contributed by atoms with E-state index in [1.54, 1.807) is 0 Å². The maximum Gasteiger partial charge on any atom is 0.0462 e. The molecule has 0 saturated heterocycles. The molecule has 0 aliphatic carbocycles. The van der Waals surface area contributed by atoms with Crippen LogP contribution < -0.4 is 0 Å². The molecule has 0 radical (unpaired) electrons. The highest BCUT2D eigenvalue weighted by molar-refractivity contribution is 5.93. The number of aromatic nitrogens is 2. The van der Waals surface area contributed by atoms with Gasteiger partial charge in [0.2, 0.25) is 0 Å². The van der Waals surface area contributed by atoms with Crippen molar-refractivity contribution < 1.29 is 0 Å². The molecule has 3 aromatic rings. The molecule has 0 fully saturated rings. The van der Waals surface area contributed by atoms with Gasteiger partial charge in [0.1, 0.15) is 0 Å². The fourth-order valence-electron chi connectivity index (χ4n) is 3.51. The first-order valence-electron chi connectivity index (χ1n) is 8.60. The number of hydrogen-bond donors (Lipinski definition) is 1. The van der Waals surface area contributed by atoms with Crippen molar-refractivity contribution >= 4 is 16.5 Å². The van der Waals surface area contributed by atoms with Crippen LogP contribution in [-0.2, 0) is 6.54 Å². The van der Waals surface area contributed by atoms with Crippen LogP contribution in [0.1, 0.15) is 28.7 Å². The first-order chi connectivity index (χ1) is 11.7. The summed E-state index contributed by atoms with van der Waals surface area (Å²) in [6, 6.07) is 8.75. The van der Waals surface area contributed by atoms with Gasteiger partial charge in [-0.15, -0.1) is 0 Å². The van der Waals surface area contributed by atoms with Gasteiger partial charge in [0.25, 0.3) is 0 Å². The molecule has 0 saturated carbocycles. The largest absolute Gasteiger partial charge is 0.361 e. The Hall–Kier alpha value is -2.39. The number of aryl methyl sites for hydroxylation is 2. The number of nitrogens with zero attached hydrogens (tertiary/aromatic N) is 2. The van der Waals surface area contributed by atoms with Gasteiger partial charge in [-0.2, -0.15) is 0 Å². The van der Waals surface area contributed by atoms with Gasteiger partial charge >= 0.3 is 0 Å². The third kappa shape index (κ3) is 2.87. The average Bonchev–Trinajstić information content (AvgIpc) is 3.00. The summed E-state index contributed by atoms with van der Waals surface area (Å²) in [4.78, 5) is 10.2. The summed E-state index contributed by atoms with van der Waals surface area (Å²) >= 11 is 0. The molecular weight excluding hydrogens is 294 g/mol. The standard InChI is InChI=1S/C21H23N3/c1-15-3-4-19-20(13-23-21(19)11-15)17-6-9-24(10-7-17)14-18-12-22-8-5-16(18)2/h3-6,8,11-13,23H,7,9-10,14H2,1-2H3. The van der Waals surface area contributed by atoms with Crippen LogP contribution in [0.4, 0.5) is 0 Å². The molecule has 0 bridgehead atoms. The Morgan fingerprint density at radius 2 is 2.12 bits per heavy atom. The third-order valence-electron chi connectivity index (χ3n) is 5.02. The van der Waals surface area contributed by atoms with Crippen molar-refractivity contribution in [3.63, 3.8) is 0 Å². The van der Waals surface area contributed by atoms with E-state index in [-0.39, 0.29) is 0 Å². The van der Waals surface area contributed by atoms with Gasteiger partial charge in [-0.3, -0.25) is 9.88 Å². The Morgan fingerprint density at radius 3 is 2.92 bits per heavy atom. The predicted octanol–water partition coefficient (Wildman–Crippen LogP) is 4.47. The van der Waals surface area contributed by atoms with Gasteiger partial charge in [-0.05, 0) is 54.7 Å². The third-order valence-corrected chi connectivity index (χ3v) is 5.02. The van der Waals surface area contributed by atoms with Crippen molar-refractivity contribution in [1.82, 2.24) is 14.9 Å². The summed E-state index contributed by atoms with van der Waals surface area (Å²) in [6.07, 6.45) is 9.51. The zero-order valence-corrected chi connectivity index (χ0v) is 14.3. The summed E-state index contributed by atoms with van der Waals surface area (Å²) in [7, 11) is 0. The number of aromatic amines is 1. The van der Waals surface area contributed by atoms with Crippen LogP contribution >= 0.6 is 0 Å². The topological polar surface area (TPSA) is 31.9 Å². The van der Waals surface area contributed by atoms with Crippen LogP contribution in [0.3, 0.4) is 0 Å². The van der Waals surface area contributed by atoms with Gasteiger partial charge in [0.15, 0.2) is 0 Å². The normalized spacial score (nSPS) is 15.7. The lowest BCUT2D eigenvalue weighted by Gasteiger charge is -2.26. The number of benzene rings is 1. The molecular formula is C21H23N3. The number of hydrogen-bond acceptors (Lipinski definition) is 2. The van der Waals surface area contributed by atoms with Gasteiger partial charge in [0, 0.05) is 54.7 Å². The van der Waals surface area contributed by atoms with Crippen molar-refractivity contribution in [2.45, 2.75) is 26.8 Å². The second kappa shape index (κ2) is 6.25. The monoisotopic (exact) mass is 317 g/mol. The first-order valence-corrected chi connectivity index (χ1v) is 8.60. The van der Waals surface area contributed by atoms with E-state index >= 15 is 0 Å². The molecule has 0 spiro atoms. The molecule has 4 rings (SSSR count). The lowest BCUT2D eigenvalue weighted by Crippen LogP contribution is -2.28. The number of H-pyrrole nitrogens is 1. The highest BCUT2D eigenvalue weighted by Gasteiger charge is 2.16. The molecule has 0 unspecified atom stereocenters. The average molecular weight is 317 g/mol. The maximum atomic E-state index is 4.26. The molecule has 1 N–H and O–H groups in total. The minimum absolute atomic E-state index is 0.983. The summed E-state index contributed by atoms with van der Waals surface area (Å²) in [5.41, 5.74) is 8.01. The fraction of sp³-hybridized carbons (Fsp3) is 0.286. The number of nitrogens with one attached hydrogen (secondary N) is 1. The molecule has 1 aliphatic heterocycles. The van der Waals surface area contributed by atoms with E-state index in [0.29, 0.717) is 0 Å². The summed E-state index contributed by atoms with van der Waals surface area (Å²) in [5.74, 6) is 0. The zero-order valence-electron chi connectivity index (χ0n) is 14.3. The molecule has 3 heterocycles. The molecule has 1 aromatic carbocycles. The van der Waals surface area contributed by atoms with E-state index in [1.807, 2.05) is 12.4 Å². The molecule has 0 amide bonds. The van der Waals surface area contributed by atoms with Gasteiger partial charge in [-0.25, -0.2) is 0 Å². The van der Waals surface area contributed by atoms with Crippen LogP contribution in [0.5, 0.6) is 0 Å². The number of rotatable bonds is 3. The van der Waals surface area contributed by atoms with Crippen LogP contribution in [0.25, 0.3) is 16.5 Å². The van der Waals surface area contributed by atoms with Gasteiger partial charge in [0.05, 0.1) is 0 Å². The highest BCUT2D eigenvalue weighted by Crippen LogP contribution is 2.30. The molecule has 3 heteroatoms. The Balaban J connectivity index is 1.53.